The molecule has 3 aromatic rings. The summed E-state index contributed by atoms with van der Waals surface area (Å²) in [6, 6.07) is 14.5. The first-order valence-corrected chi connectivity index (χ1v) is 8.14. The predicted octanol–water partition coefficient (Wildman–Crippen LogP) is 3.12. The number of fused-ring (bicyclic) bond motifs is 1. The Morgan fingerprint density at radius 3 is 2.44 bits per heavy atom. The van der Waals surface area contributed by atoms with E-state index in [1.54, 1.807) is 25.2 Å². The number of pyridine rings is 1. The highest BCUT2D eigenvalue weighted by molar-refractivity contribution is 6.05. The molecule has 3 rings (SSSR count). The number of aromatic nitrogens is 1. The molecule has 0 spiro atoms. The molecule has 0 aliphatic carbocycles. The molecule has 5 heteroatoms. The zero-order valence-corrected chi connectivity index (χ0v) is 14.5. The Hall–Kier alpha value is -2.92. The Balaban J connectivity index is 2.18. The third kappa shape index (κ3) is 3.19. The van der Waals surface area contributed by atoms with Crippen LogP contribution in [0.4, 0.5) is 5.69 Å². The summed E-state index contributed by atoms with van der Waals surface area (Å²) in [6.45, 7) is 3.80. The van der Waals surface area contributed by atoms with E-state index in [0.717, 1.165) is 16.5 Å². The second kappa shape index (κ2) is 6.53. The topological polar surface area (TPSA) is 77.1 Å². The average molecular weight is 335 g/mol. The number of para-hydroxylation sites is 1. The van der Waals surface area contributed by atoms with Crippen LogP contribution in [0.5, 0.6) is 0 Å². The van der Waals surface area contributed by atoms with E-state index in [2.05, 4.69) is 5.32 Å². The number of hydrogen-bond acceptors (Lipinski definition) is 3. The molecule has 0 aliphatic heterocycles. The van der Waals surface area contributed by atoms with Gasteiger partial charge < -0.3 is 15.6 Å². The fourth-order valence-corrected chi connectivity index (χ4v) is 3.00. The monoisotopic (exact) mass is 335 g/mol. The number of amides is 1. The maximum absolute atomic E-state index is 12.8. The molecule has 3 N–H and O–H groups in total. The van der Waals surface area contributed by atoms with Gasteiger partial charge in [-0.05, 0) is 54.6 Å². The first-order valence-electron chi connectivity index (χ1n) is 8.14. The van der Waals surface area contributed by atoms with Gasteiger partial charge in [0.25, 0.3) is 11.5 Å². The first-order chi connectivity index (χ1) is 11.9. The first kappa shape index (κ1) is 16.9. The molecule has 0 saturated heterocycles. The van der Waals surface area contributed by atoms with E-state index in [9.17, 15) is 9.59 Å². The van der Waals surface area contributed by atoms with Gasteiger partial charge in [0.1, 0.15) is 5.69 Å². The summed E-state index contributed by atoms with van der Waals surface area (Å²) in [5.74, 6) is -0.330. The van der Waals surface area contributed by atoms with Crippen LogP contribution in [0.3, 0.4) is 0 Å². The molecule has 0 saturated carbocycles. The second-order valence-electron chi connectivity index (χ2n) is 6.32. The number of carbonyl (C=O) groups excluding carboxylic acids is 1. The Kier molecular flexibility index (Phi) is 4.42. The number of nitrogens with two attached hydrogens (primary N) is 1. The molecule has 0 bridgehead atoms. The van der Waals surface area contributed by atoms with Crippen molar-refractivity contribution in [1.29, 1.82) is 0 Å². The van der Waals surface area contributed by atoms with Crippen LogP contribution in [0.25, 0.3) is 10.8 Å². The van der Waals surface area contributed by atoms with E-state index >= 15 is 0 Å². The molecule has 0 radical (unpaired) electrons. The molecule has 1 unspecified atom stereocenters. The van der Waals surface area contributed by atoms with Crippen LogP contribution >= 0.6 is 0 Å². The zero-order chi connectivity index (χ0) is 18.1. The van der Waals surface area contributed by atoms with Gasteiger partial charge in [0.2, 0.25) is 0 Å². The van der Waals surface area contributed by atoms with E-state index in [4.69, 9.17) is 5.73 Å². The Morgan fingerprint density at radius 2 is 1.80 bits per heavy atom. The number of anilines is 1. The van der Waals surface area contributed by atoms with Gasteiger partial charge in [-0.3, -0.25) is 9.59 Å². The van der Waals surface area contributed by atoms with Gasteiger partial charge in [-0.1, -0.05) is 24.3 Å². The molecule has 1 amide bonds. The smallest absolute Gasteiger partial charge is 0.272 e. The van der Waals surface area contributed by atoms with Crippen molar-refractivity contribution in [2.45, 2.75) is 19.9 Å². The fourth-order valence-electron chi connectivity index (χ4n) is 3.00. The van der Waals surface area contributed by atoms with Crippen LogP contribution < -0.4 is 16.6 Å². The molecule has 25 heavy (non-hydrogen) atoms. The largest absolute Gasteiger partial charge is 0.324 e. The number of nitrogens with zero attached hydrogens (tertiary/aromatic N) is 1. The minimum absolute atomic E-state index is 0.207. The summed E-state index contributed by atoms with van der Waals surface area (Å²) in [7, 11) is 1.61. The highest BCUT2D eigenvalue weighted by Crippen LogP contribution is 2.24. The van der Waals surface area contributed by atoms with Crippen LogP contribution in [0, 0.1) is 6.92 Å². The standard InChI is InChI=1S/C20H21N3O2/c1-12-9-15(13(2)21)16-11-18(23(3)20(25)17(16)10-12)19(24)22-14-7-5-4-6-8-14/h4-11,13H,21H2,1-3H3,(H,22,24). The number of rotatable bonds is 3. The van der Waals surface area contributed by atoms with Crippen LogP contribution in [0.15, 0.2) is 53.3 Å². The lowest BCUT2D eigenvalue weighted by Gasteiger charge is -2.15. The fraction of sp³-hybridized carbons (Fsp3) is 0.200. The van der Waals surface area contributed by atoms with Gasteiger partial charge in [0.05, 0.1) is 0 Å². The van der Waals surface area contributed by atoms with Crippen molar-refractivity contribution in [3.8, 4) is 0 Å². The maximum atomic E-state index is 12.8. The summed E-state index contributed by atoms with van der Waals surface area (Å²) in [5.41, 5.74) is 8.68. The number of carbonyl (C=O) groups is 1. The highest BCUT2D eigenvalue weighted by atomic mass is 16.2. The van der Waals surface area contributed by atoms with Gasteiger partial charge >= 0.3 is 0 Å². The molecule has 1 heterocycles. The van der Waals surface area contributed by atoms with Crippen molar-refractivity contribution < 1.29 is 4.79 Å². The lowest BCUT2D eigenvalue weighted by atomic mass is 9.97. The summed E-state index contributed by atoms with van der Waals surface area (Å²) in [4.78, 5) is 25.5. The molecular formula is C20H21N3O2. The number of benzene rings is 2. The van der Waals surface area contributed by atoms with E-state index in [0.29, 0.717) is 16.8 Å². The van der Waals surface area contributed by atoms with E-state index < -0.39 is 0 Å². The van der Waals surface area contributed by atoms with E-state index in [-0.39, 0.29) is 17.5 Å². The maximum Gasteiger partial charge on any atom is 0.272 e. The molecule has 2 aromatic carbocycles. The number of nitrogens with one attached hydrogen (secondary N) is 1. The lowest BCUT2D eigenvalue weighted by molar-refractivity contribution is 0.101. The van der Waals surface area contributed by atoms with Crippen molar-refractivity contribution in [1.82, 2.24) is 4.57 Å². The van der Waals surface area contributed by atoms with Crippen LogP contribution in [-0.4, -0.2) is 10.5 Å². The average Bonchev–Trinajstić information content (AvgIpc) is 2.58. The molecule has 1 atom stereocenters. The quantitative estimate of drug-likeness (QED) is 0.772. The Labute approximate surface area is 146 Å². The third-order valence-corrected chi connectivity index (χ3v) is 4.29. The van der Waals surface area contributed by atoms with Crippen molar-refractivity contribution in [2.75, 3.05) is 5.32 Å². The Bertz CT molecular complexity index is 1000. The number of aryl methyl sites for hydroxylation is 1. The molecule has 128 valence electrons. The summed E-state index contributed by atoms with van der Waals surface area (Å²) in [5, 5.41) is 4.12. The van der Waals surface area contributed by atoms with E-state index in [1.165, 1.54) is 4.57 Å². The van der Waals surface area contributed by atoms with Gasteiger partial charge in [0.15, 0.2) is 0 Å². The third-order valence-electron chi connectivity index (χ3n) is 4.29. The van der Waals surface area contributed by atoms with Crippen molar-refractivity contribution in [3.63, 3.8) is 0 Å². The second-order valence-corrected chi connectivity index (χ2v) is 6.32. The van der Waals surface area contributed by atoms with Gasteiger partial charge in [-0.15, -0.1) is 0 Å². The van der Waals surface area contributed by atoms with Crippen LogP contribution in [0.2, 0.25) is 0 Å². The molecular weight excluding hydrogens is 314 g/mol. The minimum atomic E-state index is -0.330. The summed E-state index contributed by atoms with van der Waals surface area (Å²) >= 11 is 0. The number of hydrogen-bond donors (Lipinski definition) is 2. The molecule has 5 nitrogen and oxygen atoms in total. The summed E-state index contributed by atoms with van der Waals surface area (Å²) < 4.78 is 1.38. The molecule has 0 aliphatic rings. The SMILES string of the molecule is Cc1cc(C(C)N)c2cc(C(=O)Nc3ccccc3)n(C)c(=O)c2c1. The molecule has 1 aromatic heterocycles. The molecule has 0 fully saturated rings. The van der Waals surface area contributed by atoms with Gasteiger partial charge in [0, 0.05) is 24.2 Å². The lowest BCUT2D eigenvalue weighted by Crippen LogP contribution is -2.27. The van der Waals surface area contributed by atoms with E-state index in [1.807, 2.05) is 44.2 Å². The van der Waals surface area contributed by atoms with Crippen LogP contribution in [0.1, 0.15) is 34.6 Å². The minimum Gasteiger partial charge on any atom is -0.324 e. The zero-order valence-electron chi connectivity index (χ0n) is 14.5. The van der Waals surface area contributed by atoms with Crippen molar-refractivity contribution >= 4 is 22.4 Å². The van der Waals surface area contributed by atoms with Gasteiger partial charge in [-0.2, -0.15) is 0 Å². The summed E-state index contributed by atoms with van der Waals surface area (Å²) in [6.07, 6.45) is 0. The van der Waals surface area contributed by atoms with Crippen molar-refractivity contribution in [3.05, 3.63) is 75.7 Å². The highest BCUT2D eigenvalue weighted by Gasteiger charge is 2.17. The normalized spacial score (nSPS) is 12.2. The van der Waals surface area contributed by atoms with Crippen LogP contribution in [-0.2, 0) is 7.05 Å². The Morgan fingerprint density at radius 1 is 1.12 bits per heavy atom. The predicted molar refractivity (Wildman–Crippen MR) is 101 cm³/mol. The van der Waals surface area contributed by atoms with Gasteiger partial charge in [-0.25, -0.2) is 0 Å². The van der Waals surface area contributed by atoms with Crippen molar-refractivity contribution in [2.24, 2.45) is 12.8 Å².